The average molecular weight is 248 g/mol. The van der Waals surface area contributed by atoms with E-state index < -0.39 is 0 Å². The van der Waals surface area contributed by atoms with Crippen molar-refractivity contribution in [2.75, 3.05) is 7.11 Å². The van der Waals surface area contributed by atoms with Gasteiger partial charge in [-0.1, -0.05) is 60.7 Å². The summed E-state index contributed by atoms with van der Waals surface area (Å²) < 4.78 is 5.84. The van der Waals surface area contributed by atoms with E-state index in [1.165, 1.54) is 22.3 Å². The average Bonchev–Trinajstić information content (AvgIpc) is 3.01. The molecule has 2 unspecified atom stereocenters. The second-order valence-electron chi connectivity index (χ2n) is 5.38. The number of rotatable bonds is 1. The van der Waals surface area contributed by atoms with Crippen LogP contribution in [0.5, 0.6) is 0 Å². The first-order valence-electron chi connectivity index (χ1n) is 6.76. The van der Waals surface area contributed by atoms with Gasteiger partial charge in [0.25, 0.3) is 0 Å². The molecule has 1 nitrogen and oxygen atoms in total. The predicted molar refractivity (Wildman–Crippen MR) is 77.2 cm³/mol. The summed E-state index contributed by atoms with van der Waals surface area (Å²) >= 11 is 0. The van der Waals surface area contributed by atoms with Gasteiger partial charge in [-0.25, -0.2) is 0 Å². The molecule has 0 bridgehead atoms. The predicted octanol–water partition coefficient (Wildman–Crippen LogP) is 3.57. The molecular formula is C18H16O. The zero-order valence-corrected chi connectivity index (χ0v) is 11.0. The number of hydrogen-bond donors (Lipinski definition) is 0. The van der Waals surface area contributed by atoms with Crippen molar-refractivity contribution in [3.63, 3.8) is 0 Å². The lowest BCUT2D eigenvalue weighted by atomic mass is 9.76. The Bertz CT molecular complexity index is 671. The molecule has 0 aliphatic heterocycles. The highest BCUT2D eigenvalue weighted by Crippen LogP contribution is 2.50. The summed E-state index contributed by atoms with van der Waals surface area (Å²) in [5.74, 6) is 0. The standard InChI is InChI=1S/C18H16O/c1-19-17-12-14-7-3-5-9-16(14)18(17)11-10-13-6-2-4-8-15(13)18/h2-11,17H,12H2,1H3. The van der Waals surface area contributed by atoms with E-state index in [4.69, 9.17) is 4.74 Å². The zero-order chi connectivity index (χ0) is 12.9. The maximum Gasteiger partial charge on any atom is 0.0784 e. The Balaban J connectivity index is 2.02. The van der Waals surface area contributed by atoms with Crippen molar-refractivity contribution in [2.24, 2.45) is 0 Å². The molecule has 4 rings (SSSR count). The minimum absolute atomic E-state index is 0.0814. The van der Waals surface area contributed by atoms with Gasteiger partial charge in [-0.15, -0.1) is 0 Å². The summed E-state index contributed by atoms with van der Waals surface area (Å²) in [6, 6.07) is 17.4. The van der Waals surface area contributed by atoms with Gasteiger partial charge in [0, 0.05) is 13.5 Å². The fraction of sp³-hybridized carbons (Fsp3) is 0.222. The second-order valence-corrected chi connectivity index (χ2v) is 5.38. The normalized spacial score (nSPS) is 26.7. The van der Waals surface area contributed by atoms with Crippen LogP contribution in [0.2, 0.25) is 0 Å². The van der Waals surface area contributed by atoms with Gasteiger partial charge in [-0.3, -0.25) is 0 Å². The number of fused-ring (bicyclic) bond motifs is 4. The summed E-state index contributed by atoms with van der Waals surface area (Å²) in [6.45, 7) is 0. The lowest BCUT2D eigenvalue weighted by Crippen LogP contribution is -2.35. The van der Waals surface area contributed by atoms with E-state index in [0.717, 1.165) is 6.42 Å². The van der Waals surface area contributed by atoms with Crippen molar-refractivity contribution in [2.45, 2.75) is 17.9 Å². The molecule has 2 aliphatic carbocycles. The Morgan fingerprint density at radius 3 is 2.58 bits per heavy atom. The van der Waals surface area contributed by atoms with Crippen molar-refractivity contribution in [3.8, 4) is 0 Å². The SMILES string of the molecule is COC1Cc2ccccc2C12C=Cc1ccccc12. The van der Waals surface area contributed by atoms with Crippen LogP contribution >= 0.6 is 0 Å². The molecule has 19 heavy (non-hydrogen) atoms. The second kappa shape index (κ2) is 3.82. The third-order valence-electron chi connectivity index (χ3n) is 4.59. The highest BCUT2D eigenvalue weighted by Gasteiger charge is 2.49. The number of benzene rings is 2. The Morgan fingerprint density at radius 2 is 1.74 bits per heavy atom. The Labute approximate surface area is 113 Å². The van der Waals surface area contributed by atoms with E-state index in [0.29, 0.717) is 0 Å². The van der Waals surface area contributed by atoms with E-state index in [-0.39, 0.29) is 11.5 Å². The Hall–Kier alpha value is -1.86. The summed E-state index contributed by atoms with van der Waals surface area (Å²) in [6.07, 6.45) is 5.76. The van der Waals surface area contributed by atoms with E-state index in [9.17, 15) is 0 Å². The van der Waals surface area contributed by atoms with Crippen molar-refractivity contribution < 1.29 is 4.74 Å². The van der Waals surface area contributed by atoms with Crippen molar-refractivity contribution in [1.29, 1.82) is 0 Å². The van der Waals surface area contributed by atoms with Crippen LogP contribution < -0.4 is 0 Å². The molecule has 2 atom stereocenters. The summed E-state index contributed by atoms with van der Waals surface area (Å²) in [4.78, 5) is 0. The maximum absolute atomic E-state index is 5.84. The van der Waals surface area contributed by atoms with E-state index in [1.807, 2.05) is 7.11 Å². The van der Waals surface area contributed by atoms with Gasteiger partial charge in [0.15, 0.2) is 0 Å². The summed E-state index contributed by atoms with van der Waals surface area (Å²) in [5.41, 5.74) is 5.44. The summed E-state index contributed by atoms with van der Waals surface area (Å²) in [7, 11) is 1.83. The van der Waals surface area contributed by atoms with Crippen LogP contribution in [0.1, 0.15) is 22.3 Å². The smallest absolute Gasteiger partial charge is 0.0784 e. The van der Waals surface area contributed by atoms with Crippen LogP contribution in [-0.4, -0.2) is 13.2 Å². The highest BCUT2D eigenvalue weighted by atomic mass is 16.5. The molecule has 0 heterocycles. The summed E-state index contributed by atoms with van der Waals surface area (Å²) in [5, 5.41) is 0. The molecule has 0 fully saturated rings. The molecule has 2 aromatic carbocycles. The topological polar surface area (TPSA) is 9.23 Å². The third-order valence-corrected chi connectivity index (χ3v) is 4.59. The first-order valence-corrected chi connectivity index (χ1v) is 6.76. The number of ether oxygens (including phenoxy) is 1. The number of methoxy groups -OCH3 is 1. The van der Waals surface area contributed by atoms with Gasteiger partial charge in [0.2, 0.25) is 0 Å². The first-order chi connectivity index (χ1) is 9.36. The van der Waals surface area contributed by atoms with Crippen molar-refractivity contribution in [3.05, 3.63) is 76.9 Å². The fourth-order valence-corrected chi connectivity index (χ4v) is 3.75. The van der Waals surface area contributed by atoms with Crippen molar-refractivity contribution >= 4 is 6.08 Å². The molecule has 0 amide bonds. The molecule has 2 aliphatic rings. The molecule has 0 aromatic heterocycles. The van der Waals surface area contributed by atoms with Gasteiger partial charge in [-0.2, -0.15) is 0 Å². The van der Waals surface area contributed by atoms with Crippen LogP contribution in [0.25, 0.3) is 6.08 Å². The molecule has 1 spiro atoms. The molecule has 94 valence electrons. The highest BCUT2D eigenvalue weighted by molar-refractivity contribution is 5.71. The van der Waals surface area contributed by atoms with Crippen LogP contribution in [0.3, 0.4) is 0 Å². The third kappa shape index (κ3) is 1.28. The minimum Gasteiger partial charge on any atom is -0.379 e. The molecule has 0 radical (unpaired) electrons. The lowest BCUT2D eigenvalue weighted by molar-refractivity contribution is 0.0772. The van der Waals surface area contributed by atoms with E-state index in [2.05, 4.69) is 60.7 Å². The van der Waals surface area contributed by atoms with E-state index >= 15 is 0 Å². The largest absolute Gasteiger partial charge is 0.379 e. The quantitative estimate of drug-likeness (QED) is 0.749. The van der Waals surface area contributed by atoms with Crippen LogP contribution in [0, 0.1) is 0 Å². The Morgan fingerprint density at radius 1 is 1.00 bits per heavy atom. The van der Waals surface area contributed by atoms with Gasteiger partial charge in [-0.05, 0) is 22.3 Å². The fourth-order valence-electron chi connectivity index (χ4n) is 3.75. The maximum atomic E-state index is 5.84. The first kappa shape index (κ1) is 11.0. The molecule has 0 N–H and O–H groups in total. The van der Waals surface area contributed by atoms with Gasteiger partial charge in [0.05, 0.1) is 11.5 Å². The van der Waals surface area contributed by atoms with Crippen LogP contribution in [-0.2, 0) is 16.6 Å². The molecule has 1 heteroatoms. The number of hydrogen-bond acceptors (Lipinski definition) is 1. The van der Waals surface area contributed by atoms with Gasteiger partial charge < -0.3 is 4.74 Å². The molecule has 0 saturated heterocycles. The molecular weight excluding hydrogens is 232 g/mol. The minimum atomic E-state index is -0.0814. The van der Waals surface area contributed by atoms with Gasteiger partial charge >= 0.3 is 0 Å². The zero-order valence-electron chi connectivity index (χ0n) is 11.0. The van der Waals surface area contributed by atoms with Gasteiger partial charge in [0.1, 0.15) is 0 Å². The Kier molecular flexibility index (Phi) is 2.21. The van der Waals surface area contributed by atoms with Crippen LogP contribution in [0.4, 0.5) is 0 Å². The van der Waals surface area contributed by atoms with Crippen molar-refractivity contribution in [1.82, 2.24) is 0 Å². The lowest BCUT2D eigenvalue weighted by Gasteiger charge is -2.31. The molecule has 2 aromatic rings. The van der Waals surface area contributed by atoms with Crippen LogP contribution in [0.15, 0.2) is 54.6 Å². The monoisotopic (exact) mass is 248 g/mol. The van der Waals surface area contributed by atoms with E-state index in [1.54, 1.807) is 0 Å². The molecule has 0 saturated carbocycles.